The number of Topliss-reactive ketones (excluding diaryl/α,β-unsaturated/α-hetero) is 1. The van der Waals surface area contributed by atoms with Crippen LogP contribution in [0.2, 0.25) is 10.0 Å². The molecule has 4 nitrogen and oxygen atoms in total. The highest BCUT2D eigenvalue weighted by Crippen LogP contribution is 2.41. The third-order valence-corrected chi connectivity index (χ3v) is 8.78. The fraction of sp³-hybridized carbons (Fsp3) is 0.150. The second-order valence-corrected chi connectivity index (χ2v) is 11.1. The number of benzene rings is 2. The molecule has 0 aliphatic carbocycles. The molecule has 0 aliphatic heterocycles. The fourth-order valence-corrected chi connectivity index (χ4v) is 6.55. The van der Waals surface area contributed by atoms with Gasteiger partial charge in [-0.15, -0.1) is 46.6 Å². The van der Waals surface area contributed by atoms with Gasteiger partial charge < -0.3 is 0 Å². The van der Waals surface area contributed by atoms with Crippen molar-refractivity contribution in [1.82, 2.24) is 0 Å². The van der Waals surface area contributed by atoms with Gasteiger partial charge in [0.05, 0.1) is 22.0 Å². The minimum Gasteiger partial charge on any atom is -0.298 e. The lowest BCUT2D eigenvalue weighted by molar-refractivity contribution is -0.387. The maximum Gasteiger partial charge on any atom is 0.297 e. The molecule has 0 fully saturated rings. The van der Waals surface area contributed by atoms with Gasteiger partial charge in [-0.2, -0.15) is 0 Å². The second-order valence-electron chi connectivity index (χ2n) is 5.97. The SMILES string of the molecule is O=C(CSc1ccc(Cl)cc1)CSc1scc(CSc2ccc(Cl)cc2)c1[N+](=O)[O-]. The van der Waals surface area contributed by atoms with Gasteiger partial charge in [0.15, 0.2) is 5.78 Å². The fourth-order valence-electron chi connectivity index (χ4n) is 2.34. The molecule has 0 aliphatic rings. The number of hydrogen-bond acceptors (Lipinski definition) is 7. The van der Waals surface area contributed by atoms with Gasteiger partial charge in [0, 0.05) is 31.0 Å². The second kappa shape index (κ2) is 11.5. The van der Waals surface area contributed by atoms with E-state index >= 15 is 0 Å². The molecule has 0 saturated carbocycles. The zero-order valence-corrected chi connectivity index (χ0v) is 20.2. The molecule has 1 heterocycles. The third kappa shape index (κ3) is 6.93. The van der Waals surface area contributed by atoms with Gasteiger partial charge in [-0.1, -0.05) is 23.2 Å². The Morgan fingerprint density at radius 3 is 2.00 bits per heavy atom. The molecule has 0 unspecified atom stereocenters. The number of carbonyl (C=O) groups is 1. The summed E-state index contributed by atoms with van der Waals surface area (Å²) in [5.41, 5.74) is 0.764. The Labute approximate surface area is 200 Å². The van der Waals surface area contributed by atoms with Crippen LogP contribution in [-0.2, 0) is 10.5 Å². The molecule has 0 saturated heterocycles. The number of thioether (sulfide) groups is 3. The highest BCUT2D eigenvalue weighted by atomic mass is 35.5. The van der Waals surface area contributed by atoms with Gasteiger partial charge in [-0.3, -0.25) is 14.9 Å². The summed E-state index contributed by atoms with van der Waals surface area (Å²) >= 11 is 17.2. The van der Waals surface area contributed by atoms with E-state index in [1.165, 1.54) is 46.6 Å². The highest BCUT2D eigenvalue weighted by molar-refractivity contribution is 8.02. The van der Waals surface area contributed by atoms with Crippen LogP contribution in [0.15, 0.2) is 67.9 Å². The first-order valence-electron chi connectivity index (χ1n) is 8.58. The number of carbonyl (C=O) groups excluding carboxylic acids is 1. The minimum atomic E-state index is -0.358. The first-order valence-corrected chi connectivity index (χ1v) is 13.2. The molecule has 0 bridgehead atoms. The smallest absolute Gasteiger partial charge is 0.297 e. The van der Waals surface area contributed by atoms with Gasteiger partial charge in [0.1, 0.15) is 4.21 Å². The summed E-state index contributed by atoms with van der Waals surface area (Å²) in [6.45, 7) is 0. The molecular formula is C20H15Cl2NO3S4. The van der Waals surface area contributed by atoms with E-state index in [2.05, 4.69) is 0 Å². The molecule has 3 aromatic rings. The van der Waals surface area contributed by atoms with E-state index < -0.39 is 0 Å². The van der Waals surface area contributed by atoms with Crippen molar-refractivity contribution in [2.75, 3.05) is 11.5 Å². The summed E-state index contributed by atoms with van der Waals surface area (Å²) in [6, 6.07) is 14.6. The Hall–Kier alpha value is -1.16. The predicted octanol–water partition coefficient (Wildman–Crippen LogP) is 7.71. The van der Waals surface area contributed by atoms with Crippen molar-refractivity contribution in [2.24, 2.45) is 0 Å². The Balaban J connectivity index is 1.56. The molecule has 2 aromatic carbocycles. The van der Waals surface area contributed by atoms with Crippen LogP contribution in [0.4, 0.5) is 5.69 Å². The molecule has 30 heavy (non-hydrogen) atoms. The van der Waals surface area contributed by atoms with Crippen LogP contribution in [0.1, 0.15) is 5.56 Å². The molecule has 0 N–H and O–H groups in total. The van der Waals surface area contributed by atoms with Gasteiger partial charge in [0.2, 0.25) is 0 Å². The van der Waals surface area contributed by atoms with Gasteiger partial charge >= 0.3 is 0 Å². The van der Waals surface area contributed by atoms with Crippen LogP contribution >= 0.6 is 69.8 Å². The van der Waals surface area contributed by atoms with Crippen molar-refractivity contribution in [3.8, 4) is 0 Å². The van der Waals surface area contributed by atoms with Gasteiger partial charge in [-0.05, 0) is 48.5 Å². The quantitative estimate of drug-likeness (QED) is 0.156. The number of rotatable bonds is 10. The van der Waals surface area contributed by atoms with E-state index in [0.717, 1.165) is 9.79 Å². The van der Waals surface area contributed by atoms with Crippen molar-refractivity contribution in [3.05, 3.63) is 79.6 Å². The summed E-state index contributed by atoms with van der Waals surface area (Å²) in [6.07, 6.45) is 0. The first-order chi connectivity index (χ1) is 14.4. The Morgan fingerprint density at radius 2 is 1.43 bits per heavy atom. The van der Waals surface area contributed by atoms with Gasteiger partial charge in [-0.25, -0.2) is 0 Å². The average molecular weight is 517 g/mol. The van der Waals surface area contributed by atoms with E-state index in [4.69, 9.17) is 23.2 Å². The normalized spacial score (nSPS) is 10.9. The molecule has 156 valence electrons. The van der Waals surface area contributed by atoms with Crippen molar-refractivity contribution in [1.29, 1.82) is 0 Å². The number of thiophene rings is 1. The van der Waals surface area contributed by atoms with Crippen LogP contribution in [0.5, 0.6) is 0 Å². The van der Waals surface area contributed by atoms with E-state index in [1.807, 2.05) is 24.3 Å². The number of nitrogens with zero attached hydrogens (tertiary/aromatic N) is 1. The van der Waals surface area contributed by atoms with Crippen LogP contribution in [0.25, 0.3) is 0 Å². The molecule has 10 heteroatoms. The summed E-state index contributed by atoms with van der Waals surface area (Å²) in [5.74, 6) is 1.02. The Morgan fingerprint density at radius 1 is 0.900 bits per heavy atom. The van der Waals surface area contributed by atoms with Crippen LogP contribution < -0.4 is 0 Å². The lowest BCUT2D eigenvalue weighted by atomic mass is 10.3. The van der Waals surface area contributed by atoms with Crippen molar-refractivity contribution in [2.45, 2.75) is 19.8 Å². The molecule has 1 aromatic heterocycles. The summed E-state index contributed by atoms with van der Waals surface area (Å²) in [4.78, 5) is 25.4. The van der Waals surface area contributed by atoms with Crippen LogP contribution in [0, 0.1) is 10.1 Å². The first kappa shape index (κ1) is 23.5. The number of ketones is 1. The van der Waals surface area contributed by atoms with Crippen molar-refractivity contribution >= 4 is 81.3 Å². The molecule has 0 radical (unpaired) electrons. The topological polar surface area (TPSA) is 60.2 Å². The van der Waals surface area contributed by atoms with Crippen molar-refractivity contribution < 1.29 is 9.72 Å². The number of nitro groups is 1. The van der Waals surface area contributed by atoms with Crippen LogP contribution in [0.3, 0.4) is 0 Å². The minimum absolute atomic E-state index is 0.0275. The average Bonchev–Trinajstić information content (AvgIpc) is 3.14. The maximum absolute atomic E-state index is 12.2. The molecule has 0 atom stereocenters. The van der Waals surface area contributed by atoms with E-state index in [1.54, 1.807) is 29.6 Å². The largest absolute Gasteiger partial charge is 0.298 e. The molecule has 0 amide bonds. The third-order valence-electron chi connectivity index (χ3n) is 3.77. The summed E-state index contributed by atoms with van der Waals surface area (Å²) in [5, 5.41) is 14.7. The van der Waals surface area contributed by atoms with Crippen LogP contribution in [-0.4, -0.2) is 22.2 Å². The molecule has 0 spiro atoms. The zero-order chi connectivity index (χ0) is 21.5. The lowest BCUT2D eigenvalue weighted by Gasteiger charge is -2.03. The monoisotopic (exact) mass is 515 g/mol. The maximum atomic E-state index is 12.2. The highest BCUT2D eigenvalue weighted by Gasteiger charge is 2.23. The molecule has 3 rings (SSSR count). The summed E-state index contributed by atoms with van der Waals surface area (Å²) in [7, 11) is 0. The number of halogens is 2. The molecular weight excluding hydrogens is 501 g/mol. The van der Waals surface area contributed by atoms with Gasteiger partial charge in [0.25, 0.3) is 5.69 Å². The number of hydrogen-bond donors (Lipinski definition) is 0. The summed E-state index contributed by atoms with van der Waals surface area (Å²) < 4.78 is 0.566. The zero-order valence-electron chi connectivity index (χ0n) is 15.4. The Kier molecular flexibility index (Phi) is 8.98. The standard InChI is InChI=1S/C20H15Cl2NO3S4/c21-14-1-5-17(6-2-14)27-9-13-10-29-20(19(13)23(25)26)30-12-16(24)11-28-18-7-3-15(22)4-8-18/h1-8,10H,9,11-12H2. The Bertz CT molecular complexity index is 1020. The van der Waals surface area contributed by atoms with E-state index in [9.17, 15) is 14.9 Å². The van der Waals surface area contributed by atoms with E-state index in [-0.39, 0.29) is 22.1 Å². The van der Waals surface area contributed by atoms with Crippen molar-refractivity contribution in [3.63, 3.8) is 0 Å². The van der Waals surface area contributed by atoms with E-state index in [0.29, 0.717) is 31.3 Å². The lowest BCUT2D eigenvalue weighted by Crippen LogP contribution is -2.04. The predicted molar refractivity (Wildman–Crippen MR) is 130 cm³/mol.